The predicted octanol–water partition coefficient (Wildman–Crippen LogP) is 5.25. The van der Waals surface area contributed by atoms with Gasteiger partial charge in [-0.25, -0.2) is 0 Å². The van der Waals surface area contributed by atoms with Crippen molar-refractivity contribution in [3.05, 3.63) is 72.3 Å². The Morgan fingerprint density at radius 1 is 0.971 bits per heavy atom. The lowest BCUT2D eigenvalue weighted by molar-refractivity contribution is -0.116. The van der Waals surface area contributed by atoms with Crippen LogP contribution in [-0.2, 0) is 4.79 Å². The molecule has 34 heavy (non-hydrogen) atoms. The summed E-state index contributed by atoms with van der Waals surface area (Å²) in [4.78, 5) is 27.4. The van der Waals surface area contributed by atoms with Crippen LogP contribution in [-0.4, -0.2) is 47.1 Å². The van der Waals surface area contributed by atoms with Crippen LogP contribution in [0.1, 0.15) is 30.1 Å². The van der Waals surface area contributed by atoms with Gasteiger partial charge in [-0.1, -0.05) is 48.6 Å². The first-order valence-corrected chi connectivity index (χ1v) is 11.9. The molecule has 8 heteroatoms. The van der Waals surface area contributed by atoms with E-state index in [1.165, 1.54) is 11.3 Å². The normalized spacial score (nSPS) is 10.8. The molecule has 0 aliphatic heterocycles. The Labute approximate surface area is 202 Å². The zero-order valence-corrected chi connectivity index (χ0v) is 20.0. The van der Waals surface area contributed by atoms with E-state index >= 15 is 0 Å². The second-order valence-corrected chi connectivity index (χ2v) is 8.77. The Hall–Kier alpha value is -3.78. The van der Waals surface area contributed by atoms with Crippen molar-refractivity contribution >= 4 is 39.1 Å². The van der Waals surface area contributed by atoms with Crippen LogP contribution in [0.4, 0.5) is 5.13 Å². The second kappa shape index (κ2) is 10.9. The van der Waals surface area contributed by atoms with Gasteiger partial charge in [-0.15, -0.1) is 10.2 Å². The van der Waals surface area contributed by atoms with E-state index in [-0.39, 0.29) is 18.2 Å². The van der Waals surface area contributed by atoms with Gasteiger partial charge in [0.15, 0.2) is 0 Å². The Balaban J connectivity index is 1.37. The third kappa shape index (κ3) is 5.58. The van der Waals surface area contributed by atoms with Crippen LogP contribution < -0.4 is 10.1 Å². The number of nitrogens with zero attached hydrogens (tertiary/aromatic N) is 3. The fourth-order valence-electron chi connectivity index (χ4n) is 3.63. The minimum atomic E-state index is -0.204. The molecule has 7 nitrogen and oxygen atoms in total. The van der Waals surface area contributed by atoms with Crippen molar-refractivity contribution in [1.29, 1.82) is 0 Å². The summed E-state index contributed by atoms with van der Waals surface area (Å²) in [5.74, 6) is 0.486. The number of aromatic nitrogens is 2. The average molecular weight is 475 g/mol. The van der Waals surface area contributed by atoms with Gasteiger partial charge < -0.3 is 15.0 Å². The molecule has 0 aliphatic rings. The highest BCUT2D eigenvalue weighted by Gasteiger charge is 2.17. The molecule has 1 heterocycles. The van der Waals surface area contributed by atoms with E-state index in [4.69, 9.17) is 4.74 Å². The number of carbonyl (C=O) groups is 2. The quantitative estimate of drug-likeness (QED) is 0.358. The molecule has 0 saturated heterocycles. The van der Waals surface area contributed by atoms with Crippen molar-refractivity contribution in [1.82, 2.24) is 15.1 Å². The summed E-state index contributed by atoms with van der Waals surface area (Å²) in [6.07, 6.45) is 0.985. The molecular weight excluding hydrogens is 448 g/mol. The lowest BCUT2D eigenvalue weighted by atomic mass is 10.1. The summed E-state index contributed by atoms with van der Waals surface area (Å²) in [5.41, 5.74) is 1.52. The fourth-order valence-corrected chi connectivity index (χ4v) is 4.40. The fraction of sp³-hybridized carbons (Fsp3) is 0.231. The van der Waals surface area contributed by atoms with Gasteiger partial charge in [0.2, 0.25) is 11.0 Å². The Kier molecular flexibility index (Phi) is 7.49. The number of rotatable bonds is 9. The van der Waals surface area contributed by atoms with Crippen LogP contribution in [0.3, 0.4) is 0 Å². The van der Waals surface area contributed by atoms with Crippen molar-refractivity contribution < 1.29 is 14.3 Å². The van der Waals surface area contributed by atoms with E-state index < -0.39 is 0 Å². The molecule has 0 atom stereocenters. The van der Waals surface area contributed by atoms with Gasteiger partial charge in [0.25, 0.3) is 5.91 Å². The molecule has 0 saturated carbocycles. The van der Waals surface area contributed by atoms with Crippen molar-refractivity contribution in [3.8, 4) is 16.3 Å². The van der Waals surface area contributed by atoms with Gasteiger partial charge in [-0.05, 0) is 53.6 Å². The summed E-state index contributed by atoms with van der Waals surface area (Å²) in [7, 11) is 1.62. The number of hydrogen-bond acceptors (Lipinski definition) is 6. The molecule has 0 unspecified atom stereocenters. The van der Waals surface area contributed by atoms with Crippen molar-refractivity contribution in [2.75, 3.05) is 25.5 Å². The van der Waals surface area contributed by atoms with Crippen LogP contribution >= 0.6 is 11.3 Å². The number of ether oxygens (including phenoxy) is 1. The van der Waals surface area contributed by atoms with Crippen LogP contribution in [0.15, 0.2) is 66.7 Å². The van der Waals surface area contributed by atoms with Gasteiger partial charge in [0.1, 0.15) is 10.8 Å². The molecule has 0 bridgehead atoms. The molecule has 0 spiro atoms. The van der Waals surface area contributed by atoms with Crippen molar-refractivity contribution in [3.63, 3.8) is 0 Å². The summed E-state index contributed by atoms with van der Waals surface area (Å²) in [5, 5.41) is 14.3. The second-order valence-electron chi connectivity index (χ2n) is 7.79. The van der Waals surface area contributed by atoms with Crippen LogP contribution in [0.2, 0.25) is 0 Å². The van der Waals surface area contributed by atoms with Crippen molar-refractivity contribution in [2.24, 2.45) is 0 Å². The molecule has 2 amide bonds. The highest BCUT2D eigenvalue weighted by molar-refractivity contribution is 7.18. The van der Waals surface area contributed by atoms with E-state index in [1.54, 1.807) is 12.0 Å². The topological polar surface area (TPSA) is 84.4 Å². The molecule has 0 radical (unpaired) electrons. The lowest BCUT2D eigenvalue weighted by Crippen LogP contribution is -2.34. The van der Waals surface area contributed by atoms with E-state index in [0.29, 0.717) is 28.8 Å². The maximum absolute atomic E-state index is 13.1. The van der Waals surface area contributed by atoms with Gasteiger partial charge in [0.05, 0.1) is 7.11 Å². The number of methoxy groups -OCH3 is 1. The molecule has 3 aromatic carbocycles. The van der Waals surface area contributed by atoms with Gasteiger partial charge in [-0.3, -0.25) is 9.59 Å². The van der Waals surface area contributed by atoms with Gasteiger partial charge in [0, 0.05) is 30.6 Å². The Morgan fingerprint density at radius 3 is 2.47 bits per heavy atom. The minimum Gasteiger partial charge on any atom is -0.497 e. The first-order valence-electron chi connectivity index (χ1n) is 11.1. The van der Waals surface area contributed by atoms with E-state index in [9.17, 15) is 9.59 Å². The zero-order valence-electron chi connectivity index (χ0n) is 19.2. The first kappa shape index (κ1) is 23.4. The number of hydrogen-bond donors (Lipinski definition) is 1. The maximum atomic E-state index is 13.1. The lowest BCUT2D eigenvalue weighted by Gasteiger charge is -2.22. The number of amides is 2. The number of nitrogens with one attached hydrogen (secondary N) is 1. The third-order valence-electron chi connectivity index (χ3n) is 5.39. The van der Waals surface area contributed by atoms with Crippen molar-refractivity contribution in [2.45, 2.75) is 19.8 Å². The minimum absolute atomic E-state index is 0.0712. The van der Waals surface area contributed by atoms with E-state index in [0.717, 1.165) is 28.5 Å². The Morgan fingerprint density at radius 2 is 1.74 bits per heavy atom. The molecule has 0 aliphatic carbocycles. The van der Waals surface area contributed by atoms with Gasteiger partial charge >= 0.3 is 0 Å². The molecule has 0 fully saturated rings. The smallest absolute Gasteiger partial charge is 0.253 e. The number of fused-ring (bicyclic) bond motifs is 1. The number of benzene rings is 3. The molecule has 4 rings (SSSR count). The standard InChI is InChI=1S/C26H26N4O3S/c1-3-15-30(25(32)21-9-8-18-6-4-5-7-20(18)17-21)16-14-23(31)27-26-29-28-24(34-26)19-10-12-22(33-2)13-11-19/h4-13,17H,3,14-16H2,1-2H3,(H,27,29,31). The highest BCUT2D eigenvalue weighted by atomic mass is 32.1. The van der Waals surface area contributed by atoms with Crippen LogP contribution in [0.5, 0.6) is 5.75 Å². The SMILES string of the molecule is CCCN(CCC(=O)Nc1nnc(-c2ccc(OC)cc2)s1)C(=O)c1ccc2ccccc2c1. The van der Waals surface area contributed by atoms with Gasteiger partial charge in [-0.2, -0.15) is 0 Å². The summed E-state index contributed by atoms with van der Waals surface area (Å²) in [6.45, 7) is 2.93. The Bertz CT molecular complexity index is 1290. The summed E-state index contributed by atoms with van der Waals surface area (Å²) in [6, 6.07) is 21.1. The zero-order chi connectivity index (χ0) is 23.9. The van der Waals surface area contributed by atoms with Crippen LogP contribution in [0, 0.1) is 0 Å². The van der Waals surface area contributed by atoms with E-state index in [2.05, 4.69) is 15.5 Å². The molecule has 4 aromatic rings. The monoisotopic (exact) mass is 474 g/mol. The molecule has 1 aromatic heterocycles. The predicted molar refractivity (Wildman–Crippen MR) is 135 cm³/mol. The maximum Gasteiger partial charge on any atom is 0.253 e. The summed E-state index contributed by atoms with van der Waals surface area (Å²) < 4.78 is 5.17. The largest absolute Gasteiger partial charge is 0.497 e. The average Bonchev–Trinajstić information content (AvgIpc) is 3.34. The summed E-state index contributed by atoms with van der Waals surface area (Å²) >= 11 is 1.30. The van der Waals surface area contributed by atoms with E-state index in [1.807, 2.05) is 73.7 Å². The third-order valence-corrected chi connectivity index (χ3v) is 6.28. The van der Waals surface area contributed by atoms with Crippen LogP contribution in [0.25, 0.3) is 21.3 Å². The highest BCUT2D eigenvalue weighted by Crippen LogP contribution is 2.27. The number of carbonyl (C=O) groups excluding carboxylic acids is 2. The molecular formula is C26H26N4O3S. The first-order chi connectivity index (χ1) is 16.6. The molecule has 1 N–H and O–H groups in total. The number of anilines is 1. The molecule has 174 valence electrons.